The molecule has 1 fully saturated rings. The number of fused-ring (bicyclic) bond motifs is 2. The van der Waals surface area contributed by atoms with Crippen molar-refractivity contribution < 1.29 is 14.6 Å². The van der Waals surface area contributed by atoms with Crippen LogP contribution >= 0.6 is 0 Å². The first-order valence-corrected chi connectivity index (χ1v) is 3.33. The van der Waals surface area contributed by atoms with E-state index in [0.29, 0.717) is 6.42 Å². The van der Waals surface area contributed by atoms with Crippen LogP contribution in [-0.4, -0.2) is 22.8 Å². The van der Waals surface area contributed by atoms with E-state index in [1.807, 2.05) is 0 Å². The van der Waals surface area contributed by atoms with E-state index in [2.05, 4.69) is 0 Å². The van der Waals surface area contributed by atoms with Crippen LogP contribution in [0.2, 0.25) is 0 Å². The molecule has 54 valence electrons. The molecule has 2 atom stereocenters. The molecular formula is C7H8O3. The molecule has 0 saturated carbocycles. The summed E-state index contributed by atoms with van der Waals surface area (Å²) < 4.78 is 5.02. The zero-order chi connectivity index (χ0) is 7.19. The van der Waals surface area contributed by atoms with Gasteiger partial charge in [0.2, 0.25) is 11.6 Å². The van der Waals surface area contributed by atoms with E-state index in [1.54, 1.807) is 6.08 Å². The Hall–Kier alpha value is -0.670. The van der Waals surface area contributed by atoms with Gasteiger partial charge in [-0.2, -0.15) is 0 Å². The van der Waals surface area contributed by atoms with E-state index >= 15 is 0 Å². The van der Waals surface area contributed by atoms with Crippen molar-refractivity contribution in [3.8, 4) is 0 Å². The number of ether oxygens (including phenoxy) is 1. The smallest absolute Gasteiger partial charge is 0.231 e. The van der Waals surface area contributed by atoms with Gasteiger partial charge in [0.25, 0.3) is 0 Å². The van der Waals surface area contributed by atoms with Crippen molar-refractivity contribution in [1.82, 2.24) is 0 Å². The van der Waals surface area contributed by atoms with Crippen molar-refractivity contribution in [3.05, 3.63) is 12.2 Å². The van der Waals surface area contributed by atoms with Gasteiger partial charge in [-0.3, -0.25) is 4.79 Å². The van der Waals surface area contributed by atoms with Crippen LogP contribution in [0.3, 0.4) is 0 Å². The summed E-state index contributed by atoms with van der Waals surface area (Å²) in [7, 11) is 0. The number of carbonyl (C=O) groups excluding carboxylic acids is 1. The number of hydrogen-bond donors (Lipinski definition) is 1. The Bertz CT molecular complexity index is 209. The van der Waals surface area contributed by atoms with Crippen LogP contribution in [0.5, 0.6) is 0 Å². The van der Waals surface area contributed by atoms with E-state index in [0.717, 1.165) is 6.42 Å². The van der Waals surface area contributed by atoms with Gasteiger partial charge in [0.05, 0.1) is 6.10 Å². The molecule has 0 aromatic rings. The Balaban J connectivity index is 2.38. The third-order valence-electron chi connectivity index (χ3n) is 1.96. The fourth-order valence-corrected chi connectivity index (χ4v) is 1.35. The minimum atomic E-state index is -1.47. The average Bonchev–Trinajstić information content (AvgIpc) is 2.22. The van der Waals surface area contributed by atoms with Crippen LogP contribution in [0, 0.1) is 0 Å². The van der Waals surface area contributed by atoms with Crippen molar-refractivity contribution in [2.45, 2.75) is 24.7 Å². The van der Waals surface area contributed by atoms with Gasteiger partial charge in [-0.1, -0.05) is 6.08 Å². The van der Waals surface area contributed by atoms with Gasteiger partial charge < -0.3 is 9.84 Å². The van der Waals surface area contributed by atoms with Gasteiger partial charge in [0, 0.05) is 6.42 Å². The van der Waals surface area contributed by atoms with Crippen LogP contribution in [-0.2, 0) is 9.53 Å². The number of carbonyl (C=O) groups is 1. The highest BCUT2D eigenvalue weighted by Gasteiger charge is 2.45. The minimum absolute atomic E-state index is 0.0392. The number of hydrogen-bond acceptors (Lipinski definition) is 3. The molecule has 2 aliphatic rings. The molecule has 0 amide bonds. The molecule has 2 heterocycles. The largest absolute Gasteiger partial charge is 0.359 e. The molecule has 0 radical (unpaired) electrons. The lowest BCUT2D eigenvalue weighted by molar-refractivity contribution is -0.192. The zero-order valence-electron chi connectivity index (χ0n) is 5.41. The van der Waals surface area contributed by atoms with Crippen molar-refractivity contribution in [3.63, 3.8) is 0 Å². The third kappa shape index (κ3) is 0.646. The quantitative estimate of drug-likeness (QED) is 0.515. The summed E-state index contributed by atoms with van der Waals surface area (Å²) in [6, 6.07) is 0. The maximum absolute atomic E-state index is 10.9. The molecular weight excluding hydrogens is 132 g/mol. The van der Waals surface area contributed by atoms with Gasteiger partial charge in [0.15, 0.2) is 0 Å². The molecule has 2 bridgehead atoms. The van der Waals surface area contributed by atoms with E-state index in [4.69, 9.17) is 4.74 Å². The lowest BCUT2D eigenvalue weighted by Gasteiger charge is -2.22. The van der Waals surface area contributed by atoms with Gasteiger partial charge in [0.1, 0.15) is 0 Å². The van der Waals surface area contributed by atoms with E-state index in [-0.39, 0.29) is 11.9 Å². The van der Waals surface area contributed by atoms with Crippen LogP contribution in [0.25, 0.3) is 0 Å². The second kappa shape index (κ2) is 1.68. The van der Waals surface area contributed by atoms with Gasteiger partial charge in [-0.15, -0.1) is 0 Å². The maximum atomic E-state index is 10.9. The fourth-order valence-electron chi connectivity index (χ4n) is 1.35. The fraction of sp³-hybridized carbons (Fsp3) is 0.571. The Morgan fingerprint density at radius 3 is 3.30 bits per heavy atom. The Labute approximate surface area is 58.3 Å². The monoisotopic (exact) mass is 140 g/mol. The summed E-state index contributed by atoms with van der Waals surface area (Å²) in [6.07, 6.45) is 4.25. The standard InChI is InChI=1S/C7H8O3/c8-6-2-1-5-3-4-7(6,9)10-5/h1-2,5,9H,3-4H2/t5-,7-/m0/s1. The number of rotatable bonds is 0. The first kappa shape index (κ1) is 6.07. The van der Waals surface area contributed by atoms with Crippen molar-refractivity contribution >= 4 is 5.78 Å². The molecule has 2 aliphatic heterocycles. The number of aliphatic hydroxyl groups is 1. The molecule has 0 spiro atoms. The van der Waals surface area contributed by atoms with Crippen molar-refractivity contribution in [2.24, 2.45) is 0 Å². The van der Waals surface area contributed by atoms with Crippen molar-refractivity contribution in [2.75, 3.05) is 0 Å². The van der Waals surface area contributed by atoms with E-state index in [1.165, 1.54) is 6.08 Å². The van der Waals surface area contributed by atoms with Gasteiger partial charge in [-0.25, -0.2) is 0 Å². The first-order valence-electron chi connectivity index (χ1n) is 3.33. The summed E-state index contributed by atoms with van der Waals surface area (Å²) in [5, 5.41) is 9.37. The molecule has 0 unspecified atom stereocenters. The predicted molar refractivity (Wildman–Crippen MR) is 33.2 cm³/mol. The lowest BCUT2D eigenvalue weighted by Crippen LogP contribution is -2.39. The first-order chi connectivity index (χ1) is 4.71. The normalized spacial score (nSPS) is 44.5. The van der Waals surface area contributed by atoms with Crippen LogP contribution in [0.1, 0.15) is 12.8 Å². The molecule has 1 saturated heterocycles. The number of ketones is 1. The highest BCUT2D eigenvalue weighted by molar-refractivity contribution is 5.96. The van der Waals surface area contributed by atoms with Crippen LogP contribution in [0.15, 0.2) is 12.2 Å². The summed E-state index contributed by atoms with van der Waals surface area (Å²) in [6.45, 7) is 0. The molecule has 3 nitrogen and oxygen atoms in total. The Morgan fingerprint density at radius 1 is 1.80 bits per heavy atom. The molecule has 1 N–H and O–H groups in total. The Morgan fingerprint density at radius 2 is 2.60 bits per heavy atom. The van der Waals surface area contributed by atoms with Crippen LogP contribution in [0.4, 0.5) is 0 Å². The second-order valence-corrected chi connectivity index (χ2v) is 2.70. The van der Waals surface area contributed by atoms with Crippen molar-refractivity contribution in [1.29, 1.82) is 0 Å². The van der Waals surface area contributed by atoms with E-state index < -0.39 is 5.79 Å². The average molecular weight is 140 g/mol. The second-order valence-electron chi connectivity index (χ2n) is 2.70. The zero-order valence-corrected chi connectivity index (χ0v) is 5.41. The lowest BCUT2D eigenvalue weighted by atomic mass is 10.1. The molecule has 0 aliphatic carbocycles. The summed E-state index contributed by atoms with van der Waals surface area (Å²) in [5.74, 6) is -1.79. The topological polar surface area (TPSA) is 46.5 Å². The highest BCUT2D eigenvalue weighted by atomic mass is 16.6. The minimum Gasteiger partial charge on any atom is -0.359 e. The molecule has 10 heavy (non-hydrogen) atoms. The predicted octanol–water partition coefficient (Wildman–Crippen LogP) is -0.00710. The third-order valence-corrected chi connectivity index (χ3v) is 1.96. The van der Waals surface area contributed by atoms with Gasteiger partial charge in [-0.05, 0) is 12.5 Å². The van der Waals surface area contributed by atoms with E-state index in [9.17, 15) is 9.90 Å². The Kier molecular flexibility index (Phi) is 1.02. The summed E-state index contributed by atoms with van der Waals surface area (Å²) >= 11 is 0. The molecule has 3 heteroatoms. The highest BCUT2D eigenvalue weighted by Crippen LogP contribution is 2.33. The molecule has 0 aromatic carbocycles. The van der Waals surface area contributed by atoms with Crippen LogP contribution < -0.4 is 0 Å². The summed E-state index contributed by atoms with van der Waals surface area (Å²) in [5.41, 5.74) is 0. The van der Waals surface area contributed by atoms with Gasteiger partial charge >= 0.3 is 0 Å². The summed E-state index contributed by atoms with van der Waals surface area (Å²) in [4.78, 5) is 10.9. The molecule has 0 aromatic heterocycles. The maximum Gasteiger partial charge on any atom is 0.231 e. The SMILES string of the molecule is O=C1C=C[C@H]2CC[C@]1(O)O2. The molecule has 2 rings (SSSR count).